The van der Waals surface area contributed by atoms with E-state index in [9.17, 15) is 9.18 Å². The van der Waals surface area contributed by atoms with Crippen molar-refractivity contribution in [2.24, 2.45) is 0 Å². The lowest BCUT2D eigenvalue weighted by molar-refractivity contribution is -0.134. The van der Waals surface area contributed by atoms with Crippen LogP contribution in [0.25, 0.3) is 11.5 Å². The number of carbonyl (C=O) groups is 1. The number of likely N-dealkylation sites (tertiary alicyclic amines) is 1. The smallest absolute Gasteiger partial charge is 0.227 e. The minimum Gasteiger partial charge on any atom is -0.343 e. The van der Waals surface area contributed by atoms with Crippen LogP contribution in [0.1, 0.15) is 42.4 Å². The normalized spacial score (nSPS) is 16.9. The molecule has 1 saturated heterocycles. The second-order valence-corrected chi connectivity index (χ2v) is 7.09. The first kappa shape index (κ1) is 18.3. The Bertz CT molecular complexity index is 955. The van der Waals surface area contributed by atoms with Crippen LogP contribution in [-0.4, -0.2) is 37.3 Å². The molecule has 1 N–H and O–H groups in total. The van der Waals surface area contributed by atoms with Gasteiger partial charge in [-0.15, -0.1) is 0 Å². The van der Waals surface area contributed by atoms with Gasteiger partial charge >= 0.3 is 0 Å². The molecule has 6 nitrogen and oxygen atoms in total. The zero-order valence-electron chi connectivity index (χ0n) is 15.7. The van der Waals surface area contributed by atoms with Crippen molar-refractivity contribution in [2.75, 3.05) is 6.54 Å². The number of hydrogen-bond acceptors (Lipinski definition) is 4. The van der Waals surface area contributed by atoms with Gasteiger partial charge in [-0.3, -0.25) is 4.79 Å². The number of rotatable bonds is 4. The SMILES string of the molecule is Cc1cc(-c2ncc[nH]2)nc([C@@H]2CCCCN2C(=O)Cc2ccc(F)cc2)n1. The van der Waals surface area contributed by atoms with Crippen molar-refractivity contribution in [3.63, 3.8) is 0 Å². The van der Waals surface area contributed by atoms with Crippen molar-refractivity contribution in [3.05, 3.63) is 65.6 Å². The number of aromatic amines is 1. The van der Waals surface area contributed by atoms with Crippen LogP contribution < -0.4 is 0 Å². The Kier molecular flexibility index (Phi) is 5.14. The molecule has 0 aliphatic carbocycles. The summed E-state index contributed by atoms with van der Waals surface area (Å²) in [6.07, 6.45) is 6.50. The molecule has 2 aromatic heterocycles. The van der Waals surface area contributed by atoms with Crippen molar-refractivity contribution in [1.29, 1.82) is 0 Å². The predicted molar refractivity (Wildman–Crippen MR) is 103 cm³/mol. The number of nitrogens with zero attached hydrogens (tertiary/aromatic N) is 4. The van der Waals surface area contributed by atoms with Gasteiger partial charge in [0, 0.05) is 24.6 Å². The minimum atomic E-state index is -0.300. The van der Waals surface area contributed by atoms with E-state index in [0.29, 0.717) is 18.2 Å². The Hall–Kier alpha value is -3.09. The van der Waals surface area contributed by atoms with Crippen LogP contribution in [0.3, 0.4) is 0 Å². The Morgan fingerprint density at radius 3 is 2.82 bits per heavy atom. The first-order chi connectivity index (χ1) is 13.6. The van der Waals surface area contributed by atoms with Crippen molar-refractivity contribution < 1.29 is 9.18 Å². The van der Waals surface area contributed by atoms with E-state index in [4.69, 9.17) is 4.98 Å². The molecule has 144 valence electrons. The van der Waals surface area contributed by atoms with Crippen molar-refractivity contribution in [3.8, 4) is 11.5 Å². The van der Waals surface area contributed by atoms with Crippen LogP contribution in [0, 0.1) is 12.7 Å². The number of aromatic nitrogens is 4. The third kappa shape index (κ3) is 3.93. The zero-order valence-corrected chi connectivity index (χ0v) is 15.7. The highest BCUT2D eigenvalue weighted by Gasteiger charge is 2.30. The summed E-state index contributed by atoms with van der Waals surface area (Å²) in [7, 11) is 0. The summed E-state index contributed by atoms with van der Waals surface area (Å²) in [6, 6.07) is 7.81. The summed E-state index contributed by atoms with van der Waals surface area (Å²) in [5.41, 5.74) is 2.37. The highest BCUT2D eigenvalue weighted by atomic mass is 19.1. The topological polar surface area (TPSA) is 74.8 Å². The van der Waals surface area contributed by atoms with E-state index in [1.54, 1.807) is 24.5 Å². The fraction of sp³-hybridized carbons (Fsp3) is 0.333. The maximum Gasteiger partial charge on any atom is 0.227 e. The standard InChI is InChI=1S/C21H22FN5O/c1-14-12-17(20-23-9-10-24-20)26-21(25-14)18-4-2-3-11-27(18)19(28)13-15-5-7-16(22)8-6-15/h5-10,12,18H,2-4,11,13H2,1H3,(H,23,24)/t18-/m0/s1. The van der Waals surface area contributed by atoms with Crippen LogP contribution in [-0.2, 0) is 11.2 Å². The van der Waals surface area contributed by atoms with Crippen molar-refractivity contribution in [2.45, 2.75) is 38.6 Å². The molecule has 28 heavy (non-hydrogen) atoms. The molecule has 1 aliphatic rings. The largest absolute Gasteiger partial charge is 0.343 e. The second-order valence-electron chi connectivity index (χ2n) is 7.09. The fourth-order valence-electron chi connectivity index (χ4n) is 3.64. The van der Waals surface area contributed by atoms with Gasteiger partial charge in [0.05, 0.1) is 12.5 Å². The number of piperidine rings is 1. The van der Waals surface area contributed by atoms with Gasteiger partial charge in [0.25, 0.3) is 0 Å². The van der Waals surface area contributed by atoms with Crippen LogP contribution in [0.2, 0.25) is 0 Å². The number of imidazole rings is 1. The van der Waals surface area contributed by atoms with E-state index in [2.05, 4.69) is 15.0 Å². The number of benzene rings is 1. The van der Waals surface area contributed by atoms with Gasteiger partial charge in [0.2, 0.25) is 5.91 Å². The van der Waals surface area contributed by atoms with E-state index in [0.717, 1.165) is 36.2 Å². The molecule has 1 atom stereocenters. The summed E-state index contributed by atoms with van der Waals surface area (Å²) >= 11 is 0. The zero-order chi connectivity index (χ0) is 19.5. The van der Waals surface area contributed by atoms with Gasteiger partial charge in [-0.25, -0.2) is 19.3 Å². The summed E-state index contributed by atoms with van der Waals surface area (Å²) < 4.78 is 13.1. The van der Waals surface area contributed by atoms with E-state index < -0.39 is 0 Å². The Balaban J connectivity index is 1.60. The molecule has 1 fully saturated rings. The molecule has 1 aliphatic heterocycles. The van der Waals surface area contributed by atoms with E-state index in [-0.39, 0.29) is 24.2 Å². The molecule has 3 heterocycles. The summed E-state index contributed by atoms with van der Waals surface area (Å²) in [5, 5.41) is 0. The van der Waals surface area contributed by atoms with E-state index in [1.807, 2.05) is 17.9 Å². The monoisotopic (exact) mass is 379 g/mol. The number of nitrogens with one attached hydrogen (secondary N) is 1. The number of hydrogen-bond donors (Lipinski definition) is 1. The molecular formula is C21H22FN5O. The quantitative estimate of drug-likeness (QED) is 0.751. The Morgan fingerprint density at radius 2 is 2.07 bits per heavy atom. The van der Waals surface area contributed by atoms with E-state index in [1.165, 1.54) is 12.1 Å². The van der Waals surface area contributed by atoms with Crippen molar-refractivity contribution in [1.82, 2.24) is 24.8 Å². The lowest BCUT2D eigenvalue weighted by atomic mass is 9.99. The maximum atomic E-state index is 13.1. The Morgan fingerprint density at radius 1 is 1.25 bits per heavy atom. The number of amides is 1. The molecule has 7 heteroatoms. The molecule has 4 rings (SSSR count). The molecule has 3 aromatic rings. The summed E-state index contributed by atoms with van der Waals surface area (Å²) in [4.78, 5) is 31.5. The second kappa shape index (κ2) is 7.88. The van der Waals surface area contributed by atoms with Crippen LogP contribution in [0.5, 0.6) is 0 Å². The predicted octanol–water partition coefficient (Wildman–Crippen LogP) is 3.61. The number of H-pyrrole nitrogens is 1. The molecule has 0 unspecified atom stereocenters. The molecule has 0 bridgehead atoms. The van der Waals surface area contributed by atoms with Gasteiger partial charge in [-0.1, -0.05) is 12.1 Å². The first-order valence-electron chi connectivity index (χ1n) is 9.49. The van der Waals surface area contributed by atoms with E-state index >= 15 is 0 Å². The van der Waals surface area contributed by atoms with Gasteiger partial charge in [-0.05, 0) is 49.9 Å². The average Bonchev–Trinajstić information content (AvgIpc) is 3.24. The van der Waals surface area contributed by atoms with Gasteiger partial charge < -0.3 is 9.88 Å². The average molecular weight is 379 g/mol. The third-order valence-electron chi connectivity index (χ3n) is 5.00. The number of halogens is 1. The number of aryl methyl sites for hydroxylation is 1. The van der Waals surface area contributed by atoms with Crippen LogP contribution >= 0.6 is 0 Å². The molecular weight excluding hydrogens is 357 g/mol. The highest BCUT2D eigenvalue weighted by molar-refractivity contribution is 5.79. The maximum absolute atomic E-state index is 13.1. The molecule has 0 spiro atoms. The molecule has 1 amide bonds. The number of carbonyl (C=O) groups excluding carboxylic acids is 1. The van der Waals surface area contributed by atoms with Crippen LogP contribution in [0.4, 0.5) is 4.39 Å². The van der Waals surface area contributed by atoms with Gasteiger partial charge in [0.1, 0.15) is 11.5 Å². The highest BCUT2D eigenvalue weighted by Crippen LogP contribution is 2.30. The molecule has 0 saturated carbocycles. The van der Waals surface area contributed by atoms with Gasteiger partial charge in [-0.2, -0.15) is 0 Å². The molecule has 1 aromatic carbocycles. The lowest BCUT2D eigenvalue weighted by Gasteiger charge is -2.35. The molecule has 0 radical (unpaired) electrons. The van der Waals surface area contributed by atoms with Crippen LogP contribution in [0.15, 0.2) is 42.7 Å². The lowest BCUT2D eigenvalue weighted by Crippen LogP contribution is -2.40. The summed E-state index contributed by atoms with van der Waals surface area (Å²) in [5.74, 6) is 1.05. The fourth-order valence-corrected chi connectivity index (χ4v) is 3.64. The van der Waals surface area contributed by atoms with Crippen molar-refractivity contribution >= 4 is 5.91 Å². The van der Waals surface area contributed by atoms with Gasteiger partial charge in [0.15, 0.2) is 11.6 Å². The summed E-state index contributed by atoms with van der Waals surface area (Å²) in [6.45, 7) is 2.60. The minimum absolute atomic E-state index is 0.0148. The first-order valence-corrected chi connectivity index (χ1v) is 9.49. The Labute approximate surface area is 162 Å². The third-order valence-corrected chi connectivity index (χ3v) is 5.00.